The summed E-state index contributed by atoms with van der Waals surface area (Å²) in [6.07, 6.45) is 3.89. The number of rotatable bonds is 3. The molecule has 0 nitrogen and oxygen atoms in total. The quantitative estimate of drug-likeness (QED) is 0.194. The Hall–Kier alpha value is -0.912. The van der Waals surface area contributed by atoms with Gasteiger partial charge in [0.1, 0.15) is 0 Å². The maximum Gasteiger partial charge on any atom is 0 e. The third-order valence-electron chi connectivity index (χ3n) is 4.26. The first kappa shape index (κ1) is 43.2. The Morgan fingerprint density at radius 3 is 0.595 bits per heavy atom. The summed E-state index contributed by atoms with van der Waals surface area (Å²) in [5, 5.41) is 0. The molecule has 2 radical (unpaired) electrons. The predicted octanol–water partition coefficient (Wildman–Crippen LogP) is 11.6. The van der Waals surface area contributed by atoms with Crippen LogP contribution in [-0.4, -0.2) is 0 Å². The molecule has 0 aliphatic heterocycles. The molecule has 0 spiro atoms. The van der Waals surface area contributed by atoms with Gasteiger partial charge in [-0.15, -0.1) is 0 Å². The molecule has 0 aromatic heterocycles. The van der Waals surface area contributed by atoms with Gasteiger partial charge in [0.25, 0.3) is 0 Å². The van der Waals surface area contributed by atoms with Crippen molar-refractivity contribution < 1.29 is 65.4 Å². The molecule has 0 aliphatic rings. The summed E-state index contributed by atoms with van der Waals surface area (Å²) < 4.78 is 0. The van der Waals surface area contributed by atoms with E-state index in [9.17, 15) is 0 Å². The first-order valence-corrected chi connectivity index (χ1v) is 12.9. The van der Waals surface area contributed by atoms with Gasteiger partial charge in [-0.1, -0.05) is 168 Å². The van der Waals surface area contributed by atoms with Gasteiger partial charge in [0, 0.05) is 65.4 Å². The molecule has 0 N–H and O–H groups in total. The first-order valence-electron chi connectivity index (χ1n) is 12.9. The standard InChI is InChI=1S/2C12H10.C4H10.C3H8.2C2H5.2Y/c2*1-3-7-11(8-4-1)12-9-5-2-6-10-12;1-3-4-2;1-3-2;2*1-2;;/h2*1-10H;3-4H2,1-2H3;3H2,1-2H3;2*1H2,2H3;;/q;;;;2*-1;;. The average Bonchev–Trinajstić information content (AvgIpc) is 2.98. The molecule has 0 amide bonds. The Bertz CT molecular complexity index is 725. The van der Waals surface area contributed by atoms with Crippen LogP contribution in [0.1, 0.15) is 60.8 Å². The van der Waals surface area contributed by atoms with Crippen LogP contribution in [0.2, 0.25) is 0 Å². The fraction of sp³-hybridized carbons (Fsp3) is 0.257. The smallest absolute Gasteiger partial charge is 0 e. The van der Waals surface area contributed by atoms with E-state index in [1.54, 1.807) is 13.8 Å². The minimum atomic E-state index is 0. The van der Waals surface area contributed by atoms with Gasteiger partial charge in [-0.05, 0) is 22.3 Å². The molecule has 37 heavy (non-hydrogen) atoms. The maximum absolute atomic E-state index is 3.25. The molecular formula is C35H48Y2-2. The second kappa shape index (κ2) is 35.1. The van der Waals surface area contributed by atoms with E-state index in [-0.39, 0.29) is 65.4 Å². The van der Waals surface area contributed by atoms with Gasteiger partial charge in [0.15, 0.2) is 0 Å². The van der Waals surface area contributed by atoms with Crippen LogP contribution >= 0.6 is 0 Å². The molecule has 0 atom stereocenters. The van der Waals surface area contributed by atoms with Crippen LogP contribution in [0.3, 0.4) is 0 Å². The van der Waals surface area contributed by atoms with Crippen LogP contribution in [0.15, 0.2) is 121 Å². The predicted molar refractivity (Wildman–Crippen MR) is 162 cm³/mol. The summed E-state index contributed by atoms with van der Waals surface area (Å²) in [5.74, 6) is 0. The molecule has 2 heteroatoms. The van der Waals surface area contributed by atoms with Crippen LogP contribution in [0, 0.1) is 13.8 Å². The first-order chi connectivity index (χ1) is 17.3. The van der Waals surface area contributed by atoms with Gasteiger partial charge in [-0.25, -0.2) is 0 Å². The largest absolute Gasteiger partial charge is 0.346 e. The van der Waals surface area contributed by atoms with Gasteiger partial charge >= 0.3 is 0 Å². The second-order valence-corrected chi connectivity index (χ2v) is 7.17. The number of hydrogen-bond acceptors (Lipinski definition) is 0. The van der Waals surface area contributed by atoms with Crippen molar-refractivity contribution in [1.82, 2.24) is 0 Å². The Labute approximate surface area is 280 Å². The summed E-state index contributed by atoms with van der Waals surface area (Å²) in [5.41, 5.74) is 5.10. The van der Waals surface area contributed by atoms with Gasteiger partial charge in [-0.2, -0.15) is 13.8 Å². The van der Waals surface area contributed by atoms with Crippen molar-refractivity contribution in [2.45, 2.75) is 60.8 Å². The van der Waals surface area contributed by atoms with E-state index in [4.69, 9.17) is 0 Å². The van der Waals surface area contributed by atoms with E-state index >= 15 is 0 Å². The van der Waals surface area contributed by atoms with E-state index in [2.05, 4.69) is 139 Å². The zero-order chi connectivity index (χ0) is 26.6. The zero-order valence-corrected chi connectivity index (χ0v) is 29.9. The van der Waals surface area contributed by atoms with E-state index in [1.165, 1.54) is 41.5 Å². The Balaban J connectivity index is -0.000000206. The Morgan fingerprint density at radius 2 is 0.486 bits per heavy atom. The molecule has 0 saturated heterocycles. The minimum absolute atomic E-state index is 0. The van der Waals surface area contributed by atoms with Crippen molar-refractivity contribution in [2.75, 3.05) is 0 Å². The van der Waals surface area contributed by atoms with Crippen molar-refractivity contribution >= 4 is 0 Å². The van der Waals surface area contributed by atoms with Crippen molar-refractivity contribution in [1.29, 1.82) is 0 Å². The van der Waals surface area contributed by atoms with Crippen molar-refractivity contribution in [2.24, 2.45) is 0 Å². The van der Waals surface area contributed by atoms with Gasteiger partial charge in [0.2, 0.25) is 0 Å². The molecule has 0 bridgehead atoms. The third-order valence-corrected chi connectivity index (χ3v) is 4.26. The summed E-state index contributed by atoms with van der Waals surface area (Å²) in [6.45, 7) is 18.6. The summed E-state index contributed by atoms with van der Waals surface area (Å²) >= 11 is 0. The fourth-order valence-electron chi connectivity index (χ4n) is 2.52. The molecule has 4 aromatic rings. The number of benzene rings is 4. The van der Waals surface area contributed by atoms with Crippen LogP contribution in [0.25, 0.3) is 22.3 Å². The van der Waals surface area contributed by atoms with E-state index in [0.717, 1.165) is 0 Å². The fourth-order valence-corrected chi connectivity index (χ4v) is 2.52. The van der Waals surface area contributed by atoms with Crippen LogP contribution in [-0.2, 0) is 65.4 Å². The topological polar surface area (TPSA) is 0 Å². The number of hydrogen-bond donors (Lipinski definition) is 0. The van der Waals surface area contributed by atoms with Crippen molar-refractivity contribution in [3.8, 4) is 22.3 Å². The van der Waals surface area contributed by atoms with Crippen molar-refractivity contribution in [3.05, 3.63) is 135 Å². The van der Waals surface area contributed by atoms with Gasteiger partial charge in [-0.3, -0.25) is 0 Å². The molecule has 4 rings (SSSR count). The summed E-state index contributed by atoms with van der Waals surface area (Å²) in [6, 6.07) is 41.6. The Morgan fingerprint density at radius 1 is 0.351 bits per heavy atom. The molecule has 0 heterocycles. The molecule has 0 saturated carbocycles. The molecule has 0 fully saturated rings. The van der Waals surface area contributed by atoms with Gasteiger partial charge < -0.3 is 13.8 Å². The molecule has 0 unspecified atom stereocenters. The zero-order valence-electron chi connectivity index (χ0n) is 24.2. The van der Waals surface area contributed by atoms with Crippen molar-refractivity contribution in [3.63, 3.8) is 0 Å². The molecule has 196 valence electrons. The monoisotopic (exact) mass is 646 g/mol. The van der Waals surface area contributed by atoms with Crippen LogP contribution in [0.4, 0.5) is 0 Å². The summed E-state index contributed by atoms with van der Waals surface area (Å²) in [4.78, 5) is 0. The summed E-state index contributed by atoms with van der Waals surface area (Å²) in [7, 11) is 0. The van der Waals surface area contributed by atoms with E-state index in [1.807, 2.05) is 24.3 Å². The Kier molecular flexibility index (Phi) is 40.9. The average molecular weight is 647 g/mol. The minimum Gasteiger partial charge on any atom is -0.346 e. The van der Waals surface area contributed by atoms with E-state index in [0.29, 0.717) is 0 Å². The second-order valence-electron chi connectivity index (χ2n) is 7.17. The third kappa shape index (κ3) is 23.9. The maximum atomic E-state index is 3.25. The van der Waals surface area contributed by atoms with Crippen LogP contribution in [0.5, 0.6) is 0 Å². The van der Waals surface area contributed by atoms with Gasteiger partial charge in [0.05, 0.1) is 0 Å². The molecule has 4 aromatic carbocycles. The van der Waals surface area contributed by atoms with E-state index < -0.39 is 0 Å². The SMILES string of the molecule is CCC.CCCC.[CH2-]C.[CH2-]C.[Y].[Y].c1ccc(-c2ccccc2)cc1.c1ccc(-c2ccccc2)cc1. The van der Waals surface area contributed by atoms with Crippen LogP contribution < -0.4 is 0 Å². The molecular weight excluding hydrogens is 598 g/mol. The normalized spacial score (nSPS) is 7.89. The molecule has 0 aliphatic carbocycles. The number of unbranched alkanes of at least 4 members (excludes halogenated alkanes) is 1.